The maximum atomic E-state index is 12.6. The fourth-order valence-electron chi connectivity index (χ4n) is 3.87. The molecule has 3 aromatic rings. The number of fused-ring (bicyclic) bond motifs is 1. The van der Waals surface area contributed by atoms with Crippen molar-refractivity contribution >= 4 is 57.9 Å². The Labute approximate surface area is 227 Å². The van der Waals surface area contributed by atoms with Gasteiger partial charge in [-0.1, -0.05) is 23.7 Å². The maximum absolute atomic E-state index is 12.6. The highest BCUT2D eigenvalue weighted by Gasteiger charge is 2.28. The number of esters is 2. The van der Waals surface area contributed by atoms with Crippen molar-refractivity contribution in [2.45, 2.75) is 32.6 Å². The Morgan fingerprint density at radius 1 is 1.00 bits per heavy atom. The van der Waals surface area contributed by atoms with Gasteiger partial charge in [0, 0.05) is 15.5 Å². The van der Waals surface area contributed by atoms with Gasteiger partial charge < -0.3 is 14.8 Å². The second-order valence-corrected chi connectivity index (χ2v) is 9.76. The third-order valence-corrected chi connectivity index (χ3v) is 7.11. The fraction of sp³-hybridized carbons (Fsp3) is 0.222. The van der Waals surface area contributed by atoms with Crippen LogP contribution in [0, 0.1) is 0 Å². The molecule has 2 aromatic carbocycles. The van der Waals surface area contributed by atoms with Crippen LogP contribution in [0.4, 0.5) is 5.00 Å². The molecule has 9 nitrogen and oxygen atoms in total. The third-order valence-electron chi connectivity index (χ3n) is 5.66. The van der Waals surface area contributed by atoms with E-state index in [1.54, 1.807) is 43.3 Å². The molecule has 1 aromatic heterocycles. The van der Waals surface area contributed by atoms with E-state index < -0.39 is 23.8 Å². The number of para-hydroxylation sites is 1. The number of aryl methyl sites for hydroxylation is 1. The number of anilines is 1. The van der Waals surface area contributed by atoms with Crippen molar-refractivity contribution in [3.05, 3.63) is 80.7 Å². The Kier molecular flexibility index (Phi) is 8.88. The van der Waals surface area contributed by atoms with E-state index in [0.717, 1.165) is 29.7 Å². The minimum Gasteiger partial charge on any atom is -0.462 e. The first-order chi connectivity index (χ1) is 18.4. The summed E-state index contributed by atoms with van der Waals surface area (Å²) in [6.07, 6.45) is 4.71. The van der Waals surface area contributed by atoms with E-state index in [9.17, 15) is 19.2 Å². The molecule has 0 radical (unpaired) electrons. The van der Waals surface area contributed by atoms with Crippen LogP contribution in [-0.2, 0) is 27.2 Å². The lowest BCUT2D eigenvalue weighted by molar-refractivity contribution is -0.136. The van der Waals surface area contributed by atoms with Gasteiger partial charge in [-0.05, 0) is 74.6 Å². The first-order valence-corrected chi connectivity index (χ1v) is 13.1. The largest absolute Gasteiger partial charge is 0.462 e. The van der Waals surface area contributed by atoms with E-state index in [4.69, 9.17) is 21.1 Å². The van der Waals surface area contributed by atoms with Gasteiger partial charge in [0.15, 0.2) is 0 Å². The van der Waals surface area contributed by atoms with Crippen LogP contribution in [0.2, 0.25) is 5.02 Å². The highest BCUT2D eigenvalue weighted by Crippen LogP contribution is 2.38. The topological polar surface area (TPSA) is 123 Å². The van der Waals surface area contributed by atoms with Crippen molar-refractivity contribution in [1.29, 1.82) is 0 Å². The Balaban J connectivity index is 1.41. The molecule has 1 aliphatic rings. The molecule has 0 fully saturated rings. The zero-order valence-corrected chi connectivity index (χ0v) is 22.0. The van der Waals surface area contributed by atoms with Crippen LogP contribution in [0.15, 0.2) is 53.6 Å². The molecule has 1 heterocycles. The predicted octanol–water partition coefficient (Wildman–Crippen LogP) is 4.77. The summed E-state index contributed by atoms with van der Waals surface area (Å²) < 4.78 is 10.6. The molecule has 11 heteroatoms. The van der Waals surface area contributed by atoms with Crippen LogP contribution in [0.1, 0.15) is 56.5 Å². The van der Waals surface area contributed by atoms with Gasteiger partial charge in [0.05, 0.1) is 23.9 Å². The number of benzene rings is 2. The first kappa shape index (κ1) is 27.0. The summed E-state index contributed by atoms with van der Waals surface area (Å²) in [5.74, 6) is -2.92. The summed E-state index contributed by atoms with van der Waals surface area (Å²) in [4.78, 5) is 51.0. The zero-order chi connectivity index (χ0) is 27.1. The van der Waals surface area contributed by atoms with Crippen molar-refractivity contribution in [2.24, 2.45) is 5.10 Å². The molecular formula is C27H24ClN3O6S. The van der Waals surface area contributed by atoms with E-state index in [-0.39, 0.29) is 12.4 Å². The van der Waals surface area contributed by atoms with Crippen LogP contribution in [0.25, 0.3) is 0 Å². The van der Waals surface area contributed by atoms with E-state index >= 15 is 0 Å². The molecule has 2 amide bonds. The summed E-state index contributed by atoms with van der Waals surface area (Å²) in [6.45, 7) is 1.90. The molecule has 0 atom stereocenters. The highest BCUT2D eigenvalue weighted by atomic mass is 35.5. The molecule has 196 valence electrons. The van der Waals surface area contributed by atoms with Gasteiger partial charge in [0.2, 0.25) is 0 Å². The number of amides is 2. The number of nitrogens with zero attached hydrogens (tertiary/aromatic N) is 1. The molecule has 0 bridgehead atoms. The highest BCUT2D eigenvalue weighted by molar-refractivity contribution is 7.17. The number of thiophene rings is 1. The van der Waals surface area contributed by atoms with Gasteiger partial charge >= 0.3 is 23.8 Å². The number of hydrogen-bond donors (Lipinski definition) is 2. The monoisotopic (exact) mass is 553 g/mol. The number of carbonyl (C=O) groups excluding carboxylic acids is 4. The molecule has 0 aliphatic heterocycles. The Bertz CT molecular complexity index is 1400. The molecule has 1 aliphatic carbocycles. The summed E-state index contributed by atoms with van der Waals surface area (Å²) in [5, 5.41) is 7.14. The lowest BCUT2D eigenvalue weighted by Gasteiger charge is -2.12. The average molecular weight is 554 g/mol. The van der Waals surface area contributed by atoms with E-state index in [0.29, 0.717) is 33.1 Å². The molecule has 0 spiro atoms. The van der Waals surface area contributed by atoms with Crippen LogP contribution in [0.3, 0.4) is 0 Å². The quantitative estimate of drug-likeness (QED) is 0.143. The van der Waals surface area contributed by atoms with Crippen LogP contribution in [-0.4, -0.2) is 36.6 Å². The van der Waals surface area contributed by atoms with Crippen LogP contribution < -0.4 is 15.5 Å². The summed E-state index contributed by atoms with van der Waals surface area (Å²) in [7, 11) is 0. The Morgan fingerprint density at radius 3 is 2.50 bits per heavy atom. The number of rotatable bonds is 7. The number of hydrogen-bond acceptors (Lipinski definition) is 8. The van der Waals surface area contributed by atoms with Crippen LogP contribution in [0.5, 0.6) is 5.75 Å². The normalized spacial score (nSPS) is 12.5. The molecule has 0 saturated carbocycles. The number of carbonyl (C=O) groups is 4. The number of halogens is 1. The zero-order valence-electron chi connectivity index (χ0n) is 20.4. The van der Waals surface area contributed by atoms with Gasteiger partial charge in [0.1, 0.15) is 10.8 Å². The van der Waals surface area contributed by atoms with Gasteiger partial charge in [-0.3, -0.25) is 9.59 Å². The molecule has 0 saturated heterocycles. The summed E-state index contributed by atoms with van der Waals surface area (Å²) >= 11 is 7.14. The lowest BCUT2D eigenvalue weighted by Crippen LogP contribution is -2.32. The Hall–Kier alpha value is -4.02. The molecule has 38 heavy (non-hydrogen) atoms. The SMILES string of the molecule is CCOC(=O)c1c(NC(=O)C(=O)N/N=C/c2ccccc2OC(=O)c2ccc(Cl)cc2)sc2c1CCCC2. The fourth-order valence-corrected chi connectivity index (χ4v) is 5.27. The number of nitrogens with one attached hydrogen (secondary N) is 2. The van der Waals surface area contributed by atoms with Gasteiger partial charge in [0.25, 0.3) is 0 Å². The van der Waals surface area contributed by atoms with Crippen molar-refractivity contribution in [3.8, 4) is 5.75 Å². The second-order valence-electron chi connectivity index (χ2n) is 8.22. The van der Waals surface area contributed by atoms with Crippen molar-refractivity contribution < 1.29 is 28.7 Å². The number of ether oxygens (including phenoxy) is 2. The molecule has 0 unspecified atom stereocenters. The smallest absolute Gasteiger partial charge is 0.343 e. The molecule has 4 rings (SSSR count). The van der Waals surface area contributed by atoms with Gasteiger partial charge in [-0.2, -0.15) is 5.10 Å². The van der Waals surface area contributed by atoms with Crippen molar-refractivity contribution in [3.63, 3.8) is 0 Å². The number of hydrazone groups is 1. The molecular weight excluding hydrogens is 530 g/mol. The Morgan fingerprint density at radius 2 is 1.74 bits per heavy atom. The summed E-state index contributed by atoms with van der Waals surface area (Å²) in [6, 6.07) is 12.8. The van der Waals surface area contributed by atoms with Crippen molar-refractivity contribution in [1.82, 2.24) is 5.43 Å². The second kappa shape index (κ2) is 12.5. The van der Waals surface area contributed by atoms with Crippen molar-refractivity contribution in [2.75, 3.05) is 11.9 Å². The minimum absolute atomic E-state index is 0.197. The lowest BCUT2D eigenvalue weighted by atomic mass is 9.95. The minimum atomic E-state index is -1.03. The average Bonchev–Trinajstić information content (AvgIpc) is 3.28. The molecule has 2 N–H and O–H groups in total. The first-order valence-electron chi connectivity index (χ1n) is 11.9. The standard InChI is InChI=1S/C27H24ClN3O6S/c1-2-36-27(35)22-19-8-4-6-10-21(19)38-25(22)30-23(32)24(33)31-29-15-17-7-3-5-9-20(17)37-26(34)16-11-13-18(28)14-12-16/h3,5,7,9,11-15H,2,4,6,8,10H2,1H3,(H,30,32)(H,31,33)/b29-15+. The predicted molar refractivity (Wildman–Crippen MR) is 144 cm³/mol. The maximum Gasteiger partial charge on any atom is 0.343 e. The van der Waals surface area contributed by atoms with E-state index in [2.05, 4.69) is 15.8 Å². The third kappa shape index (κ3) is 6.45. The van der Waals surface area contributed by atoms with Gasteiger partial charge in [-0.25, -0.2) is 15.0 Å². The van der Waals surface area contributed by atoms with E-state index in [1.165, 1.54) is 29.7 Å². The summed E-state index contributed by atoms with van der Waals surface area (Å²) in [5.41, 5.74) is 4.05. The van der Waals surface area contributed by atoms with E-state index in [1.807, 2.05) is 0 Å². The van der Waals surface area contributed by atoms with Crippen LogP contribution >= 0.6 is 22.9 Å². The van der Waals surface area contributed by atoms with Gasteiger partial charge in [-0.15, -0.1) is 11.3 Å².